The summed E-state index contributed by atoms with van der Waals surface area (Å²) in [5.74, 6) is 0.312. The van der Waals surface area contributed by atoms with E-state index >= 15 is 0 Å². The molecule has 1 atom stereocenters. The van der Waals surface area contributed by atoms with E-state index in [1.165, 1.54) is 22.8 Å². The van der Waals surface area contributed by atoms with Gasteiger partial charge in [-0.15, -0.1) is 23.1 Å². The van der Waals surface area contributed by atoms with Crippen LogP contribution in [0.1, 0.15) is 23.1 Å². The highest BCUT2D eigenvalue weighted by molar-refractivity contribution is 8.00. The van der Waals surface area contributed by atoms with E-state index in [2.05, 4.69) is 5.10 Å². The van der Waals surface area contributed by atoms with Gasteiger partial charge in [-0.05, 0) is 35.7 Å². The Morgan fingerprint density at radius 1 is 1.27 bits per heavy atom. The summed E-state index contributed by atoms with van der Waals surface area (Å²) in [4.78, 5) is 14.3. The zero-order valence-corrected chi connectivity index (χ0v) is 15.3. The Balaban J connectivity index is 1.54. The van der Waals surface area contributed by atoms with Crippen LogP contribution in [0.15, 0.2) is 74.6 Å². The largest absolute Gasteiger partial charge is 0.467 e. The number of amides is 1. The minimum absolute atomic E-state index is 0.110. The van der Waals surface area contributed by atoms with Crippen molar-refractivity contribution in [2.24, 2.45) is 5.10 Å². The van der Waals surface area contributed by atoms with E-state index in [-0.39, 0.29) is 23.5 Å². The third-order valence-electron chi connectivity index (χ3n) is 4.03. The van der Waals surface area contributed by atoms with Gasteiger partial charge in [-0.1, -0.05) is 18.2 Å². The van der Waals surface area contributed by atoms with Crippen molar-refractivity contribution in [3.8, 4) is 0 Å². The first-order chi connectivity index (χ1) is 12.7. The van der Waals surface area contributed by atoms with Crippen LogP contribution in [-0.2, 0) is 4.79 Å². The Morgan fingerprint density at radius 2 is 2.15 bits per heavy atom. The normalized spacial score (nSPS) is 16.7. The first-order valence-electron chi connectivity index (χ1n) is 8.06. The lowest BCUT2D eigenvalue weighted by Gasteiger charge is -2.19. The Labute approximate surface area is 158 Å². The maximum absolute atomic E-state index is 13.8. The quantitative estimate of drug-likeness (QED) is 0.583. The second kappa shape index (κ2) is 7.47. The SMILES string of the molecule is O=C(CSc1ccccc1F)N1N=C(c2cccs2)CC1c1ccco1. The molecular formula is C19H15FN2O2S2. The van der Waals surface area contributed by atoms with Crippen molar-refractivity contribution in [2.75, 3.05) is 5.75 Å². The topological polar surface area (TPSA) is 45.8 Å². The number of halogens is 1. The molecule has 0 saturated heterocycles. The maximum atomic E-state index is 13.8. The van der Waals surface area contributed by atoms with E-state index in [0.717, 1.165) is 10.6 Å². The molecule has 0 aliphatic carbocycles. The maximum Gasteiger partial charge on any atom is 0.253 e. The Bertz CT molecular complexity index is 923. The van der Waals surface area contributed by atoms with Crippen molar-refractivity contribution < 1.29 is 13.6 Å². The van der Waals surface area contributed by atoms with Crippen LogP contribution in [0, 0.1) is 5.82 Å². The zero-order valence-electron chi connectivity index (χ0n) is 13.7. The first kappa shape index (κ1) is 17.1. The summed E-state index contributed by atoms with van der Waals surface area (Å²) in [5.41, 5.74) is 0.866. The van der Waals surface area contributed by atoms with E-state index < -0.39 is 0 Å². The second-order valence-electron chi connectivity index (χ2n) is 5.72. The standard InChI is InChI=1S/C19H15FN2O2S2/c20-13-5-1-2-7-17(13)26-12-19(23)22-15(16-6-3-9-24-16)11-14(21-22)18-8-4-10-25-18/h1-10,15H,11-12H2. The number of carbonyl (C=O) groups is 1. The van der Waals surface area contributed by atoms with Gasteiger partial charge in [-0.25, -0.2) is 9.40 Å². The lowest BCUT2D eigenvalue weighted by Crippen LogP contribution is -2.28. The van der Waals surface area contributed by atoms with E-state index in [4.69, 9.17) is 4.42 Å². The summed E-state index contributed by atoms with van der Waals surface area (Å²) in [7, 11) is 0. The van der Waals surface area contributed by atoms with E-state index in [0.29, 0.717) is 17.1 Å². The average molecular weight is 386 g/mol. The molecule has 1 aliphatic heterocycles. The number of hydrazone groups is 1. The minimum atomic E-state index is -0.322. The number of benzene rings is 1. The molecule has 0 fully saturated rings. The minimum Gasteiger partial charge on any atom is -0.467 e. The molecule has 7 heteroatoms. The molecule has 1 aliphatic rings. The smallest absolute Gasteiger partial charge is 0.253 e. The zero-order chi connectivity index (χ0) is 17.9. The summed E-state index contributed by atoms with van der Waals surface area (Å²) in [6, 6.07) is 13.8. The Hall–Kier alpha value is -2.38. The molecule has 0 bridgehead atoms. The fourth-order valence-corrected chi connectivity index (χ4v) is 4.31. The molecule has 2 aromatic heterocycles. The van der Waals surface area contributed by atoms with E-state index in [1.54, 1.807) is 41.9 Å². The lowest BCUT2D eigenvalue weighted by molar-refractivity contribution is -0.130. The van der Waals surface area contributed by atoms with Gasteiger partial charge in [-0.2, -0.15) is 5.10 Å². The summed E-state index contributed by atoms with van der Waals surface area (Å²) >= 11 is 2.77. The fraction of sp³-hybridized carbons (Fsp3) is 0.158. The molecule has 0 N–H and O–H groups in total. The molecule has 0 radical (unpaired) electrons. The van der Waals surface area contributed by atoms with Gasteiger partial charge in [0.05, 0.1) is 22.6 Å². The number of furan rings is 1. The Morgan fingerprint density at radius 3 is 2.88 bits per heavy atom. The third kappa shape index (κ3) is 3.45. The summed E-state index contributed by atoms with van der Waals surface area (Å²) in [6.07, 6.45) is 2.19. The van der Waals surface area contributed by atoms with Gasteiger partial charge in [0.25, 0.3) is 5.91 Å². The molecule has 1 aromatic carbocycles. The van der Waals surface area contributed by atoms with Crippen molar-refractivity contribution in [1.82, 2.24) is 5.01 Å². The highest BCUT2D eigenvalue weighted by atomic mass is 32.2. The van der Waals surface area contributed by atoms with Gasteiger partial charge >= 0.3 is 0 Å². The number of hydrogen-bond donors (Lipinski definition) is 0. The van der Waals surface area contributed by atoms with Crippen molar-refractivity contribution in [2.45, 2.75) is 17.4 Å². The van der Waals surface area contributed by atoms with Crippen LogP contribution < -0.4 is 0 Å². The van der Waals surface area contributed by atoms with Crippen LogP contribution in [0.25, 0.3) is 0 Å². The van der Waals surface area contributed by atoms with Crippen molar-refractivity contribution >= 4 is 34.7 Å². The third-order valence-corrected chi connectivity index (χ3v) is 5.98. The van der Waals surface area contributed by atoms with Crippen LogP contribution in [-0.4, -0.2) is 22.4 Å². The molecule has 4 nitrogen and oxygen atoms in total. The molecule has 132 valence electrons. The van der Waals surface area contributed by atoms with Crippen molar-refractivity contribution in [3.05, 3.63) is 76.6 Å². The first-order valence-corrected chi connectivity index (χ1v) is 9.93. The van der Waals surface area contributed by atoms with Crippen LogP contribution >= 0.6 is 23.1 Å². The summed E-state index contributed by atoms with van der Waals surface area (Å²) < 4.78 is 19.3. The van der Waals surface area contributed by atoms with Crippen molar-refractivity contribution in [1.29, 1.82) is 0 Å². The van der Waals surface area contributed by atoms with Gasteiger partial charge in [0, 0.05) is 11.3 Å². The van der Waals surface area contributed by atoms with E-state index in [1.807, 2.05) is 23.6 Å². The van der Waals surface area contributed by atoms with Gasteiger partial charge in [0.1, 0.15) is 17.6 Å². The highest BCUT2D eigenvalue weighted by Crippen LogP contribution is 2.35. The molecular weight excluding hydrogens is 371 g/mol. The molecule has 1 amide bonds. The molecule has 4 rings (SSSR count). The van der Waals surface area contributed by atoms with Gasteiger partial charge in [0.2, 0.25) is 0 Å². The van der Waals surface area contributed by atoms with E-state index in [9.17, 15) is 9.18 Å². The monoisotopic (exact) mass is 386 g/mol. The molecule has 1 unspecified atom stereocenters. The molecule has 3 heterocycles. The predicted octanol–water partition coefficient (Wildman–Crippen LogP) is 4.95. The summed E-state index contributed by atoms with van der Waals surface area (Å²) in [5, 5.41) is 8.00. The number of thioether (sulfide) groups is 1. The molecule has 0 saturated carbocycles. The number of thiophene rings is 1. The molecule has 0 spiro atoms. The number of hydrogen-bond acceptors (Lipinski definition) is 5. The number of nitrogens with zero attached hydrogens (tertiary/aromatic N) is 2. The molecule has 3 aromatic rings. The van der Waals surface area contributed by atoms with Crippen LogP contribution in [0.2, 0.25) is 0 Å². The van der Waals surface area contributed by atoms with Crippen LogP contribution in [0.5, 0.6) is 0 Å². The Kier molecular flexibility index (Phi) is 4.90. The lowest BCUT2D eigenvalue weighted by atomic mass is 10.1. The van der Waals surface area contributed by atoms with Gasteiger partial charge in [0.15, 0.2) is 0 Å². The number of carbonyl (C=O) groups excluding carboxylic acids is 1. The second-order valence-corrected chi connectivity index (χ2v) is 7.68. The van der Waals surface area contributed by atoms with Gasteiger partial charge in [-0.3, -0.25) is 4.79 Å². The average Bonchev–Trinajstić information content (AvgIpc) is 3.41. The predicted molar refractivity (Wildman–Crippen MR) is 101 cm³/mol. The van der Waals surface area contributed by atoms with Crippen LogP contribution in [0.3, 0.4) is 0 Å². The number of rotatable bonds is 5. The van der Waals surface area contributed by atoms with Gasteiger partial charge < -0.3 is 4.42 Å². The highest BCUT2D eigenvalue weighted by Gasteiger charge is 2.35. The molecule has 26 heavy (non-hydrogen) atoms. The fourth-order valence-electron chi connectivity index (χ4n) is 2.80. The van der Waals surface area contributed by atoms with Crippen molar-refractivity contribution in [3.63, 3.8) is 0 Å². The summed E-state index contributed by atoms with van der Waals surface area (Å²) in [6.45, 7) is 0. The van der Waals surface area contributed by atoms with Crippen LogP contribution in [0.4, 0.5) is 4.39 Å².